The molecule has 0 aromatic heterocycles. The number of hydrogen-bond donors (Lipinski definition) is 3. The van der Waals surface area contributed by atoms with Crippen LogP contribution in [0.4, 0.5) is 35.1 Å². The van der Waals surface area contributed by atoms with E-state index in [1.165, 1.54) is 59.1 Å². The molecule has 2 bridgehead atoms. The van der Waals surface area contributed by atoms with Gasteiger partial charge in [0.05, 0.1) is 31.2 Å². The molecule has 2 aromatic rings. The summed E-state index contributed by atoms with van der Waals surface area (Å²) in [6.07, 6.45) is -7.51. The van der Waals surface area contributed by atoms with Crippen LogP contribution in [-0.4, -0.2) is 264 Å². The molecular formula is C74H102F8N12O13. The van der Waals surface area contributed by atoms with Gasteiger partial charge in [0, 0.05) is 88.9 Å². The smallest absolute Gasteiger partial charge is 0.377 e. The average Bonchev–Trinajstić information content (AvgIpc) is 1.68. The number of likely N-dealkylation sites (N-methyl/N-ethyl adjacent to an activating group) is 7. The van der Waals surface area contributed by atoms with Crippen LogP contribution in [0.5, 0.6) is 0 Å². The number of benzene rings is 2. The molecule has 2 saturated heterocycles. The fourth-order valence-corrected chi connectivity index (χ4v) is 15.0. The fraction of sp³-hybridized carbons (Fsp3) is 0.649. The van der Waals surface area contributed by atoms with Crippen molar-refractivity contribution in [1.29, 1.82) is 0 Å². The van der Waals surface area contributed by atoms with Crippen LogP contribution >= 0.6 is 0 Å². The normalized spacial score (nSPS) is 26.2. The Morgan fingerprint density at radius 2 is 1.29 bits per heavy atom. The SMILES string of the molecule is CCO[C@@H]1C[C@H]2C(=O)NC3(CCC3)C(=O)N(C)[C@@H](C3CCCC3)C(=O)N(C)[C@H](C(=O)N(C)C)CC(=O)N(C)[C@@H](C(C)C)C(=O)N[C@@H]([C@@H](C)CC)C(=O)N(C)CC(=O)N(C)[C@H]3C/C=C\CCN(C3=O)[C@@H](Cc3ccc(C(F)(F)F)cc3)C(=O)N(C)CC(=O)N[C@@H](CCc3cc(F)c(C(F)(F)F)c(F)c3)C(=O)N2C1. The molecule has 33 heteroatoms. The maximum absolute atomic E-state index is 15.5. The molecule has 592 valence electrons. The van der Waals surface area contributed by atoms with Gasteiger partial charge in [-0.15, -0.1) is 0 Å². The van der Waals surface area contributed by atoms with E-state index in [0.29, 0.717) is 50.7 Å². The largest absolute Gasteiger partial charge is 0.422 e. The van der Waals surface area contributed by atoms with Crippen LogP contribution in [0.15, 0.2) is 48.6 Å². The first-order valence-corrected chi connectivity index (χ1v) is 36.4. The molecule has 10 atom stereocenters. The van der Waals surface area contributed by atoms with E-state index in [1.54, 1.807) is 46.8 Å². The Kier molecular flexibility index (Phi) is 28.7. The zero-order valence-electron chi connectivity index (χ0n) is 63.0. The Morgan fingerprint density at radius 1 is 0.673 bits per heavy atom. The van der Waals surface area contributed by atoms with Crippen molar-refractivity contribution >= 4 is 70.9 Å². The van der Waals surface area contributed by atoms with Crippen LogP contribution in [0.3, 0.4) is 0 Å². The third-order valence-electron chi connectivity index (χ3n) is 21.6. The summed E-state index contributed by atoms with van der Waals surface area (Å²) in [6.45, 7) is 6.20. The van der Waals surface area contributed by atoms with Gasteiger partial charge < -0.3 is 64.8 Å². The molecule has 5 aliphatic rings. The van der Waals surface area contributed by atoms with Crippen LogP contribution in [-0.2, 0) is 87.5 Å². The number of alkyl halides is 6. The summed E-state index contributed by atoms with van der Waals surface area (Å²) < 4.78 is 120. The lowest BCUT2D eigenvalue weighted by Gasteiger charge is -2.46. The number of amides is 12. The second-order valence-corrected chi connectivity index (χ2v) is 29.6. The van der Waals surface area contributed by atoms with Gasteiger partial charge >= 0.3 is 12.4 Å². The van der Waals surface area contributed by atoms with E-state index in [4.69, 9.17) is 4.74 Å². The van der Waals surface area contributed by atoms with Crippen molar-refractivity contribution in [3.05, 3.63) is 82.4 Å². The van der Waals surface area contributed by atoms with Crippen LogP contribution in [0.1, 0.15) is 140 Å². The van der Waals surface area contributed by atoms with Crippen molar-refractivity contribution < 1.29 is 97.4 Å². The molecule has 25 nitrogen and oxygen atoms in total. The van der Waals surface area contributed by atoms with E-state index >= 15 is 37.5 Å². The highest BCUT2D eigenvalue weighted by Crippen LogP contribution is 2.40. The minimum atomic E-state index is -5.46. The second kappa shape index (κ2) is 36.0. The number of hydrogen-bond acceptors (Lipinski definition) is 13. The van der Waals surface area contributed by atoms with Gasteiger partial charge in [-0.2, -0.15) is 26.3 Å². The summed E-state index contributed by atoms with van der Waals surface area (Å²) >= 11 is 0. The molecule has 4 fully saturated rings. The molecule has 7 rings (SSSR count). The van der Waals surface area contributed by atoms with Crippen molar-refractivity contribution in [1.82, 2.24) is 60.0 Å². The Bertz CT molecular complexity index is 3620. The van der Waals surface area contributed by atoms with Crippen LogP contribution < -0.4 is 16.0 Å². The number of halogens is 8. The standard InChI is InChI=1S/C74H102F8N12O13/c1-14-43(5)60-69(104)88(9)41-58(97)89(10)52-24-17-16-20-33-93(68(52)103)55(36-44-25-28-47(29-26-44)73(77,78)79)67(102)87(8)40-56(95)83-51(30-27-45-34-49(75)59(50(76)35-45)74(80,81)82)65(100)94-39-48(107-15-2)37-53(94)63(98)85-72(31-21-32-72)71(106)92(13)62(46-22-18-19-23-46)70(105)90(11)54(66(101)86(6)7)38-57(96)91(12)61(42(3)4)64(99)84-60/h16-17,25-26,28-29,34-35,42-43,46,48,51-55,60-62H,14-15,18-24,27,30-33,36-41H2,1-13H3,(H,83,95)(H,84,99)(H,85,98)/b17-16-/t43-,48+,51-,52-,53-,54-,55-,60-,61-,62-/m0/s1. The molecule has 2 aromatic carbocycles. The molecule has 2 aliphatic carbocycles. The van der Waals surface area contributed by atoms with Crippen LogP contribution in [0.25, 0.3) is 0 Å². The summed E-state index contributed by atoms with van der Waals surface area (Å²) in [7, 11) is 10.6. The number of carbonyl (C=O) groups excluding carboxylic acids is 12. The summed E-state index contributed by atoms with van der Waals surface area (Å²) in [6, 6.07) is -7.36. The summed E-state index contributed by atoms with van der Waals surface area (Å²) in [4.78, 5) is 190. The number of fused-ring (bicyclic) bond motifs is 3. The molecule has 3 N–H and O–H groups in total. The first kappa shape index (κ1) is 85.5. The number of rotatable bonds is 12. The lowest BCUT2D eigenvalue weighted by atomic mass is 9.74. The number of ether oxygens (including phenoxy) is 1. The van der Waals surface area contributed by atoms with Crippen molar-refractivity contribution in [3.8, 4) is 0 Å². The van der Waals surface area contributed by atoms with Crippen LogP contribution in [0.2, 0.25) is 0 Å². The number of nitrogens with zero attached hydrogens (tertiary/aromatic N) is 9. The van der Waals surface area contributed by atoms with Gasteiger partial charge in [0.15, 0.2) is 0 Å². The van der Waals surface area contributed by atoms with Crippen molar-refractivity contribution in [3.63, 3.8) is 0 Å². The molecule has 12 amide bonds. The van der Waals surface area contributed by atoms with Crippen molar-refractivity contribution in [2.24, 2.45) is 17.8 Å². The Balaban J connectivity index is 1.35. The predicted octanol–water partition coefficient (Wildman–Crippen LogP) is 5.35. The number of nitrogens with one attached hydrogen (secondary N) is 3. The topological polar surface area (TPSA) is 279 Å². The zero-order valence-corrected chi connectivity index (χ0v) is 63.0. The van der Waals surface area contributed by atoms with E-state index in [0.717, 1.165) is 65.6 Å². The Labute approximate surface area is 618 Å². The molecular weight excluding hydrogens is 1420 g/mol. The molecule has 0 radical (unpaired) electrons. The number of aryl methyl sites for hydroxylation is 1. The molecule has 1 spiro atoms. The van der Waals surface area contributed by atoms with Gasteiger partial charge in [-0.1, -0.05) is 71.2 Å². The van der Waals surface area contributed by atoms with Gasteiger partial charge in [-0.3, -0.25) is 57.5 Å². The minimum Gasteiger partial charge on any atom is -0.377 e. The quantitative estimate of drug-likeness (QED) is 0.179. The first-order chi connectivity index (χ1) is 50.1. The maximum Gasteiger partial charge on any atom is 0.422 e. The zero-order chi connectivity index (χ0) is 79.6. The average molecular weight is 1520 g/mol. The molecule has 3 heterocycles. The van der Waals surface area contributed by atoms with Gasteiger partial charge in [0.2, 0.25) is 70.9 Å². The van der Waals surface area contributed by atoms with Crippen molar-refractivity contribution in [2.75, 3.05) is 89.2 Å². The van der Waals surface area contributed by atoms with Crippen molar-refractivity contribution in [2.45, 2.75) is 203 Å². The van der Waals surface area contributed by atoms with E-state index in [9.17, 15) is 55.1 Å². The van der Waals surface area contributed by atoms with Crippen LogP contribution in [0, 0.1) is 29.4 Å². The highest BCUT2D eigenvalue weighted by atomic mass is 19.4. The van der Waals surface area contributed by atoms with Gasteiger partial charge in [-0.05, 0) is 118 Å². The summed E-state index contributed by atoms with van der Waals surface area (Å²) in [5, 5.41) is 8.23. The van der Waals surface area contributed by atoms with Gasteiger partial charge in [0.25, 0.3) is 0 Å². The highest BCUT2D eigenvalue weighted by Gasteiger charge is 2.54. The molecule has 2 saturated carbocycles. The van der Waals surface area contributed by atoms with E-state index in [-0.39, 0.29) is 57.4 Å². The monoisotopic (exact) mass is 1520 g/mol. The summed E-state index contributed by atoms with van der Waals surface area (Å²) in [5.74, 6) is -15.8. The molecule has 107 heavy (non-hydrogen) atoms. The van der Waals surface area contributed by atoms with E-state index < -0.39 is 228 Å². The third kappa shape index (κ3) is 20.1. The maximum atomic E-state index is 15.5. The van der Waals surface area contributed by atoms with E-state index in [1.807, 2.05) is 0 Å². The van der Waals surface area contributed by atoms with Gasteiger partial charge in [-0.25, -0.2) is 8.78 Å². The second-order valence-electron chi connectivity index (χ2n) is 29.6. The Morgan fingerprint density at radius 3 is 1.84 bits per heavy atom. The lowest BCUT2D eigenvalue weighted by molar-refractivity contribution is -0.158. The minimum absolute atomic E-state index is 0.0334. The number of carbonyl (C=O) groups is 12. The van der Waals surface area contributed by atoms with E-state index in [2.05, 4.69) is 16.0 Å². The van der Waals surface area contributed by atoms with Gasteiger partial charge in [0.1, 0.15) is 71.1 Å². The fourth-order valence-electron chi connectivity index (χ4n) is 15.0. The predicted molar refractivity (Wildman–Crippen MR) is 374 cm³/mol. The first-order valence-electron chi connectivity index (χ1n) is 36.4. The summed E-state index contributed by atoms with van der Waals surface area (Å²) in [5.41, 5.74) is -5.25. The highest BCUT2D eigenvalue weighted by molar-refractivity contribution is 6.01. The third-order valence-corrected chi connectivity index (χ3v) is 21.6. The lowest BCUT2D eigenvalue weighted by Crippen LogP contribution is -2.68. The molecule has 0 unspecified atom stereocenters. The molecule has 3 aliphatic heterocycles. The Hall–Kier alpha value is -8.78.